The van der Waals surface area contributed by atoms with Crippen LogP contribution < -0.4 is 5.32 Å². The summed E-state index contributed by atoms with van der Waals surface area (Å²) in [5.74, 6) is -0.855. The number of carbonyl (C=O) groups excluding carboxylic acids is 1. The lowest BCUT2D eigenvalue weighted by Crippen LogP contribution is -2.35. The Bertz CT molecular complexity index is 311. The third kappa shape index (κ3) is 12.4. The van der Waals surface area contributed by atoms with E-state index in [1.165, 1.54) is 0 Å². The highest BCUT2D eigenvalue weighted by Gasteiger charge is 2.15. The standard InChI is InChI=1S/C16H32N2O4/c1-4-6-7-8-9-14(10-11-15(19)20)22-16(21)17-12-13-18(3)5-2/h14H,4-13H2,1-3H3,(H,17,21)(H,19,20). The number of likely N-dealkylation sites (N-methyl/N-ethyl adjacent to an activating group) is 1. The van der Waals surface area contributed by atoms with E-state index in [0.717, 1.165) is 45.2 Å². The summed E-state index contributed by atoms with van der Waals surface area (Å²) < 4.78 is 5.36. The van der Waals surface area contributed by atoms with Gasteiger partial charge in [-0.2, -0.15) is 0 Å². The predicted octanol–water partition coefficient (Wildman–Crippen LogP) is 2.87. The van der Waals surface area contributed by atoms with Gasteiger partial charge in [0, 0.05) is 19.5 Å². The van der Waals surface area contributed by atoms with Gasteiger partial charge in [-0.05, 0) is 32.9 Å². The van der Waals surface area contributed by atoms with Crippen molar-refractivity contribution in [1.82, 2.24) is 10.2 Å². The minimum Gasteiger partial charge on any atom is -0.481 e. The Morgan fingerprint density at radius 2 is 1.91 bits per heavy atom. The van der Waals surface area contributed by atoms with Crippen LogP contribution in [0.3, 0.4) is 0 Å². The Hall–Kier alpha value is -1.30. The van der Waals surface area contributed by atoms with Gasteiger partial charge in [0.25, 0.3) is 0 Å². The number of rotatable bonds is 13. The van der Waals surface area contributed by atoms with Crippen LogP contribution in [0.15, 0.2) is 0 Å². The molecule has 0 fully saturated rings. The number of carbonyl (C=O) groups is 2. The van der Waals surface area contributed by atoms with E-state index in [1.807, 2.05) is 7.05 Å². The van der Waals surface area contributed by atoms with Crippen molar-refractivity contribution >= 4 is 12.1 Å². The number of carboxylic acid groups (broad SMARTS) is 1. The van der Waals surface area contributed by atoms with Gasteiger partial charge in [0.15, 0.2) is 0 Å². The molecule has 0 radical (unpaired) electrons. The number of nitrogens with one attached hydrogen (secondary N) is 1. The van der Waals surface area contributed by atoms with Gasteiger partial charge in [-0.25, -0.2) is 4.79 Å². The smallest absolute Gasteiger partial charge is 0.407 e. The van der Waals surface area contributed by atoms with Crippen molar-refractivity contribution in [2.75, 3.05) is 26.7 Å². The predicted molar refractivity (Wildman–Crippen MR) is 87.1 cm³/mol. The number of nitrogens with zero attached hydrogens (tertiary/aromatic N) is 1. The minimum atomic E-state index is -0.855. The molecule has 0 saturated carbocycles. The molecule has 0 aliphatic heterocycles. The first-order valence-corrected chi connectivity index (χ1v) is 8.34. The maximum absolute atomic E-state index is 11.8. The van der Waals surface area contributed by atoms with Crippen molar-refractivity contribution in [3.8, 4) is 0 Å². The number of ether oxygens (including phenoxy) is 1. The van der Waals surface area contributed by atoms with Crippen LogP contribution in [0.5, 0.6) is 0 Å². The van der Waals surface area contributed by atoms with Gasteiger partial charge < -0.3 is 20.1 Å². The van der Waals surface area contributed by atoms with Crippen LogP contribution in [0.25, 0.3) is 0 Å². The van der Waals surface area contributed by atoms with Crippen molar-refractivity contribution in [3.05, 3.63) is 0 Å². The number of alkyl carbamates (subject to hydrolysis) is 1. The van der Waals surface area contributed by atoms with Crippen LogP contribution in [0, 0.1) is 0 Å². The van der Waals surface area contributed by atoms with Gasteiger partial charge >= 0.3 is 12.1 Å². The molecule has 0 aromatic heterocycles. The summed E-state index contributed by atoms with van der Waals surface area (Å²) in [6.45, 7) is 6.41. The van der Waals surface area contributed by atoms with E-state index in [-0.39, 0.29) is 12.5 Å². The average Bonchev–Trinajstić information content (AvgIpc) is 2.48. The van der Waals surface area contributed by atoms with Crippen molar-refractivity contribution in [2.45, 2.75) is 64.9 Å². The Kier molecular flexibility index (Phi) is 12.6. The SMILES string of the molecule is CCCCCCC(CCC(=O)O)OC(=O)NCCN(C)CC. The zero-order chi connectivity index (χ0) is 16.8. The molecule has 0 aliphatic carbocycles. The van der Waals surface area contributed by atoms with Gasteiger partial charge in [0.2, 0.25) is 0 Å². The molecule has 2 N–H and O–H groups in total. The summed E-state index contributed by atoms with van der Waals surface area (Å²) in [7, 11) is 1.98. The minimum absolute atomic E-state index is 0.0320. The van der Waals surface area contributed by atoms with E-state index in [9.17, 15) is 9.59 Å². The molecule has 6 heteroatoms. The van der Waals surface area contributed by atoms with Crippen LogP contribution in [0.1, 0.15) is 58.8 Å². The molecule has 0 aromatic carbocycles. The van der Waals surface area contributed by atoms with Crippen molar-refractivity contribution in [2.24, 2.45) is 0 Å². The number of carboxylic acids is 1. The van der Waals surface area contributed by atoms with Gasteiger partial charge in [0.05, 0.1) is 0 Å². The number of hydrogen-bond donors (Lipinski definition) is 2. The molecule has 0 bridgehead atoms. The molecular formula is C16H32N2O4. The maximum Gasteiger partial charge on any atom is 0.407 e. The van der Waals surface area contributed by atoms with Crippen molar-refractivity contribution in [1.29, 1.82) is 0 Å². The Labute approximate surface area is 134 Å². The van der Waals surface area contributed by atoms with E-state index < -0.39 is 12.1 Å². The van der Waals surface area contributed by atoms with E-state index in [2.05, 4.69) is 24.1 Å². The molecule has 0 saturated heterocycles. The molecular weight excluding hydrogens is 284 g/mol. The fraction of sp³-hybridized carbons (Fsp3) is 0.875. The molecule has 0 aliphatic rings. The zero-order valence-corrected chi connectivity index (χ0v) is 14.3. The van der Waals surface area contributed by atoms with Crippen LogP contribution >= 0.6 is 0 Å². The second-order valence-electron chi connectivity index (χ2n) is 5.63. The molecule has 1 atom stereocenters. The van der Waals surface area contributed by atoms with Crippen LogP contribution in [0.4, 0.5) is 4.79 Å². The van der Waals surface area contributed by atoms with Gasteiger partial charge in [-0.15, -0.1) is 0 Å². The molecule has 6 nitrogen and oxygen atoms in total. The number of hydrogen-bond acceptors (Lipinski definition) is 4. The van der Waals surface area contributed by atoms with E-state index >= 15 is 0 Å². The highest BCUT2D eigenvalue weighted by Crippen LogP contribution is 2.13. The summed E-state index contributed by atoms with van der Waals surface area (Å²) in [6.07, 6.45) is 4.74. The Morgan fingerprint density at radius 3 is 2.50 bits per heavy atom. The third-order valence-electron chi connectivity index (χ3n) is 3.64. The van der Waals surface area contributed by atoms with Gasteiger partial charge in [-0.1, -0.05) is 33.1 Å². The van der Waals surface area contributed by atoms with Crippen molar-refractivity contribution in [3.63, 3.8) is 0 Å². The zero-order valence-electron chi connectivity index (χ0n) is 14.3. The molecule has 1 amide bonds. The summed E-state index contributed by atoms with van der Waals surface area (Å²) >= 11 is 0. The Balaban J connectivity index is 4.06. The molecule has 0 rings (SSSR count). The van der Waals surface area contributed by atoms with Crippen LogP contribution in [-0.4, -0.2) is 54.9 Å². The lowest BCUT2D eigenvalue weighted by Gasteiger charge is -2.19. The summed E-state index contributed by atoms with van der Waals surface area (Å²) in [4.78, 5) is 24.5. The van der Waals surface area contributed by atoms with Gasteiger partial charge in [0.1, 0.15) is 6.10 Å². The summed E-state index contributed by atoms with van der Waals surface area (Å²) in [6, 6.07) is 0. The fourth-order valence-corrected chi connectivity index (χ4v) is 2.05. The summed E-state index contributed by atoms with van der Waals surface area (Å²) in [5.41, 5.74) is 0. The molecule has 22 heavy (non-hydrogen) atoms. The monoisotopic (exact) mass is 316 g/mol. The second-order valence-corrected chi connectivity index (χ2v) is 5.63. The molecule has 1 unspecified atom stereocenters. The lowest BCUT2D eigenvalue weighted by atomic mass is 10.1. The van der Waals surface area contributed by atoms with E-state index in [0.29, 0.717) is 13.0 Å². The first kappa shape index (κ1) is 20.7. The van der Waals surface area contributed by atoms with Crippen LogP contribution in [-0.2, 0) is 9.53 Å². The largest absolute Gasteiger partial charge is 0.481 e. The van der Waals surface area contributed by atoms with E-state index in [1.54, 1.807) is 0 Å². The normalized spacial score (nSPS) is 12.2. The molecule has 0 aromatic rings. The third-order valence-corrected chi connectivity index (χ3v) is 3.64. The topological polar surface area (TPSA) is 78.9 Å². The van der Waals surface area contributed by atoms with Gasteiger partial charge in [-0.3, -0.25) is 4.79 Å². The molecule has 130 valence electrons. The lowest BCUT2D eigenvalue weighted by molar-refractivity contribution is -0.137. The average molecular weight is 316 g/mol. The van der Waals surface area contributed by atoms with Crippen LogP contribution in [0.2, 0.25) is 0 Å². The number of unbranched alkanes of at least 4 members (excludes halogenated alkanes) is 3. The molecule has 0 heterocycles. The second kappa shape index (κ2) is 13.4. The maximum atomic E-state index is 11.8. The Morgan fingerprint density at radius 1 is 1.18 bits per heavy atom. The first-order valence-electron chi connectivity index (χ1n) is 8.34. The highest BCUT2D eigenvalue weighted by atomic mass is 16.6. The number of aliphatic carboxylic acids is 1. The highest BCUT2D eigenvalue weighted by molar-refractivity contribution is 5.68. The number of amides is 1. The van der Waals surface area contributed by atoms with E-state index in [4.69, 9.17) is 9.84 Å². The first-order chi connectivity index (χ1) is 10.5. The quantitative estimate of drug-likeness (QED) is 0.511. The molecule has 0 spiro atoms. The summed E-state index contributed by atoms with van der Waals surface area (Å²) in [5, 5.41) is 11.5. The van der Waals surface area contributed by atoms with Crippen molar-refractivity contribution < 1.29 is 19.4 Å². The fourth-order valence-electron chi connectivity index (χ4n) is 2.05.